The lowest BCUT2D eigenvalue weighted by Crippen LogP contribution is -2.58. The molecule has 1 aromatic carbocycles. The predicted molar refractivity (Wildman–Crippen MR) is 140 cm³/mol. The lowest BCUT2D eigenvalue weighted by molar-refractivity contribution is -0.154. The summed E-state index contributed by atoms with van der Waals surface area (Å²) < 4.78 is 4.79. The Bertz CT molecular complexity index is 1020. The molecule has 8 heteroatoms. The summed E-state index contributed by atoms with van der Waals surface area (Å²) >= 11 is 1.61. The van der Waals surface area contributed by atoms with Crippen LogP contribution >= 0.6 is 11.8 Å². The van der Waals surface area contributed by atoms with E-state index in [-0.39, 0.29) is 42.2 Å². The Balaban J connectivity index is 1.73. The van der Waals surface area contributed by atoms with Crippen molar-refractivity contribution >= 4 is 29.5 Å². The molecule has 2 bridgehead atoms. The second kappa shape index (κ2) is 10.8. The van der Waals surface area contributed by atoms with Crippen molar-refractivity contribution in [1.29, 1.82) is 0 Å². The van der Waals surface area contributed by atoms with Crippen LogP contribution in [0.1, 0.15) is 32.3 Å². The highest BCUT2D eigenvalue weighted by Crippen LogP contribution is 2.69. The highest BCUT2D eigenvalue weighted by molar-refractivity contribution is 8.02. The van der Waals surface area contributed by atoms with Crippen LogP contribution in [-0.4, -0.2) is 74.5 Å². The van der Waals surface area contributed by atoms with Gasteiger partial charge in [-0.05, 0) is 31.2 Å². The normalized spacial score (nSPS) is 31.1. The molecule has 3 saturated heterocycles. The van der Waals surface area contributed by atoms with E-state index in [1.807, 2.05) is 30.3 Å². The van der Waals surface area contributed by atoms with Crippen molar-refractivity contribution in [2.24, 2.45) is 17.8 Å². The molecule has 1 N–H and O–H groups in total. The molecule has 0 aromatic heterocycles. The van der Waals surface area contributed by atoms with E-state index >= 15 is 0 Å². The monoisotopic (exact) mass is 512 g/mol. The summed E-state index contributed by atoms with van der Waals surface area (Å²) in [7, 11) is 0. The highest BCUT2D eigenvalue weighted by Gasteiger charge is 2.77. The number of rotatable bonds is 11. The molecule has 2 amide bonds. The van der Waals surface area contributed by atoms with Crippen LogP contribution in [0, 0.1) is 17.8 Å². The second-order valence-electron chi connectivity index (χ2n) is 10.1. The highest BCUT2D eigenvalue weighted by atomic mass is 32.2. The fraction of sp³-hybridized carbons (Fsp3) is 0.536. The third-order valence-electron chi connectivity index (χ3n) is 7.87. The molecule has 7 nitrogen and oxygen atoms in total. The van der Waals surface area contributed by atoms with Crippen molar-refractivity contribution < 1.29 is 24.2 Å². The molecule has 1 aromatic rings. The van der Waals surface area contributed by atoms with Gasteiger partial charge < -0.3 is 19.6 Å². The maximum atomic E-state index is 14.3. The van der Waals surface area contributed by atoms with Gasteiger partial charge >= 0.3 is 5.97 Å². The van der Waals surface area contributed by atoms with Gasteiger partial charge in [-0.25, -0.2) is 0 Å². The maximum Gasteiger partial charge on any atom is 0.310 e. The standard InChI is InChI=1S/C28H36N2O5S/c1-5-7-14-35-27(34)22-21-15-18(3)28(36-21)23(22)25(32)30(19(4)17-31)24(28)26(33)29(13-6-2)16-20-11-9-8-10-12-20/h5-6,8-12,18-19,21-24,31H,1-2,7,13-17H2,3-4H3/t18?,19-,21-,22+,23+,24?,28?/m1/s1. The molecule has 0 radical (unpaired) electrons. The van der Waals surface area contributed by atoms with E-state index in [1.165, 1.54) is 0 Å². The summed E-state index contributed by atoms with van der Waals surface area (Å²) in [6.45, 7) is 12.0. The molecule has 3 unspecified atom stereocenters. The fourth-order valence-electron chi connectivity index (χ4n) is 6.27. The number of carbonyl (C=O) groups is 3. The molecular formula is C28H36N2O5S. The lowest BCUT2D eigenvalue weighted by atomic mass is 9.66. The van der Waals surface area contributed by atoms with E-state index in [0.29, 0.717) is 19.5 Å². The van der Waals surface area contributed by atoms with Gasteiger partial charge in [0.05, 0.1) is 35.8 Å². The van der Waals surface area contributed by atoms with E-state index in [9.17, 15) is 19.5 Å². The largest absolute Gasteiger partial charge is 0.465 e. The Labute approximate surface area is 217 Å². The van der Waals surface area contributed by atoms with Gasteiger partial charge in [0.1, 0.15) is 6.04 Å². The van der Waals surface area contributed by atoms with E-state index in [2.05, 4.69) is 20.1 Å². The third-order valence-corrected chi connectivity index (χ3v) is 9.95. The Kier molecular flexibility index (Phi) is 7.95. The molecule has 3 aliphatic rings. The predicted octanol–water partition coefficient (Wildman–Crippen LogP) is 3.04. The number of aliphatic hydroxyl groups is 1. The molecule has 0 saturated carbocycles. The van der Waals surface area contributed by atoms with E-state index in [4.69, 9.17) is 4.74 Å². The number of amides is 2. The van der Waals surface area contributed by atoms with Gasteiger partial charge in [-0.3, -0.25) is 14.4 Å². The first kappa shape index (κ1) is 26.5. The van der Waals surface area contributed by atoms with Crippen LogP contribution in [-0.2, 0) is 25.7 Å². The van der Waals surface area contributed by atoms with E-state index < -0.39 is 28.7 Å². The summed E-state index contributed by atoms with van der Waals surface area (Å²) in [5.74, 6) is -1.99. The summed E-state index contributed by atoms with van der Waals surface area (Å²) in [6, 6.07) is 8.38. The van der Waals surface area contributed by atoms with Crippen molar-refractivity contribution in [1.82, 2.24) is 9.80 Å². The smallest absolute Gasteiger partial charge is 0.310 e. The zero-order chi connectivity index (χ0) is 26.0. The average Bonchev–Trinajstić information content (AvgIpc) is 3.47. The lowest BCUT2D eigenvalue weighted by Gasteiger charge is -2.41. The van der Waals surface area contributed by atoms with Gasteiger partial charge in [0.15, 0.2) is 0 Å². The van der Waals surface area contributed by atoms with Gasteiger partial charge in [-0.15, -0.1) is 24.9 Å². The molecule has 3 aliphatic heterocycles. The fourth-order valence-corrected chi connectivity index (χ4v) is 8.66. The number of esters is 1. The maximum absolute atomic E-state index is 14.3. The number of nitrogens with zero attached hydrogens (tertiary/aromatic N) is 2. The Hall–Kier alpha value is -2.58. The number of ether oxygens (including phenoxy) is 1. The second-order valence-corrected chi connectivity index (χ2v) is 11.6. The zero-order valence-electron chi connectivity index (χ0n) is 21.0. The summed E-state index contributed by atoms with van der Waals surface area (Å²) in [5, 5.41) is 9.99. The number of hydrogen-bond acceptors (Lipinski definition) is 6. The molecule has 3 fully saturated rings. The van der Waals surface area contributed by atoms with Crippen LogP contribution in [0.15, 0.2) is 55.6 Å². The molecule has 1 spiro atoms. The van der Waals surface area contributed by atoms with Gasteiger partial charge in [0.2, 0.25) is 11.8 Å². The van der Waals surface area contributed by atoms with Crippen molar-refractivity contribution in [2.45, 2.75) is 55.3 Å². The van der Waals surface area contributed by atoms with Crippen LogP contribution in [0.3, 0.4) is 0 Å². The number of aliphatic hydroxyl groups excluding tert-OH is 1. The molecular weight excluding hydrogens is 476 g/mol. The first-order valence-electron chi connectivity index (χ1n) is 12.6. The first-order chi connectivity index (χ1) is 17.3. The van der Waals surface area contributed by atoms with Gasteiger partial charge in [-0.1, -0.05) is 49.4 Å². The quantitative estimate of drug-likeness (QED) is 0.279. The van der Waals surface area contributed by atoms with Gasteiger partial charge in [0.25, 0.3) is 0 Å². The van der Waals surface area contributed by atoms with Crippen molar-refractivity contribution in [2.75, 3.05) is 19.8 Å². The molecule has 3 heterocycles. The minimum atomic E-state index is -0.781. The Morgan fingerprint density at radius 1 is 1.31 bits per heavy atom. The molecule has 194 valence electrons. The van der Waals surface area contributed by atoms with Crippen LogP contribution in [0.4, 0.5) is 0 Å². The van der Waals surface area contributed by atoms with Crippen LogP contribution in [0.25, 0.3) is 0 Å². The number of likely N-dealkylation sites (tertiary alicyclic amines) is 1. The van der Waals surface area contributed by atoms with Crippen LogP contribution in [0.2, 0.25) is 0 Å². The topological polar surface area (TPSA) is 87.1 Å². The number of hydrogen-bond donors (Lipinski definition) is 1. The molecule has 0 aliphatic carbocycles. The van der Waals surface area contributed by atoms with Crippen molar-refractivity contribution in [3.05, 3.63) is 61.2 Å². The van der Waals surface area contributed by atoms with Gasteiger partial charge in [-0.2, -0.15) is 0 Å². The Morgan fingerprint density at radius 3 is 2.67 bits per heavy atom. The Morgan fingerprint density at radius 2 is 2.03 bits per heavy atom. The number of benzene rings is 1. The molecule has 4 rings (SSSR count). The minimum absolute atomic E-state index is 0.0471. The summed E-state index contributed by atoms with van der Waals surface area (Å²) in [4.78, 5) is 44.8. The SMILES string of the molecule is C=CCCOC(=O)[C@@H]1[C@H]2C(=O)N([C@H](C)CO)C(C(=O)N(CC=C)Cc3ccccc3)C23S[C@@H]1CC3C. The average molecular weight is 513 g/mol. The van der Waals surface area contributed by atoms with Crippen LogP contribution < -0.4 is 0 Å². The van der Waals surface area contributed by atoms with E-state index in [1.54, 1.807) is 40.6 Å². The van der Waals surface area contributed by atoms with E-state index in [0.717, 1.165) is 12.0 Å². The summed E-state index contributed by atoms with van der Waals surface area (Å²) in [6.07, 6.45) is 4.66. The molecule has 7 atom stereocenters. The van der Waals surface area contributed by atoms with Crippen molar-refractivity contribution in [3.8, 4) is 0 Å². The van der Waals surface area contributed by atoms with Gasteiger partial charge in [0, 0.05) is 18.3 Å². The minimum Gasteiger partial charge on any atom is -0.465 e. The number of fused-ring (bicyclic) bond motifs is 1. The summed E-state index contributed by atoms with van der Waals surface area (Å²) in [5.41, 5.74) is 0.980. The third kappa shape index (κ3) is 4.28. The number of thioether (sulfide) groups is 1. The van der Waals surface area contributed by atoms with Crippen LogP contribution in [0.5, 0.6) is 0 Å². The number of carbonyl (C=O) groups excluding carboxylic acids is 3. The first-order valence-corrected chi connectivity index (χ1v) is 13.5. The molecule has 36 heavy (non-hydrogen) atoms. The zero-order valence-corrected chi connectivity index (χ0v) is 21.9. The van der Waals surface area contributed by atoms with Crippen molar-refractivity contribution in [3.63, 3.8) is 0 Å².